The van der Waals surface area contributed by atoms with Crippen LogP contribution in [0.15, 0.2) is 18.2 Å². The van der Waals surface area contributed by atoms with E-state index in [1.807, 2.05) is 0 Å². The average molecular weight is 274 g/mol. The number of hydrogen-bond donors (Lipinski definition) is 0. The summed E-state index contributed by atoms with van der Waals surface area (Å²) in [5.74, 6) is 0.638. The number of nitrogens with zero attached hydrogens (tertiary/aromatic N) is 2. The maximum atomic E-state index is 13.8. The summed E-state index contributed by atoms with van der Waals surface area (Å²) in [4.78, 5) is 2.33. The van der Waals surface area contributed by atoms with Gasteiger partial charge in [-0.15, -0.1) is 0 Å². The summed E-state index contributed by atoms with van der Waals surface area (Å²) >= 11 is 0. The molecule has 1 atom stereocenters. The minimum atomic E-state index is -0.196. The summed E-state index contributed by atoms with van der Waals surface area (Å²) in [6.07, 6.45) is 6.28. The number of likely N-dealkylation sites (tertiary alicyclic amines) is 1. The molecule has 1 aliphatic rings. The second-order valence-electron chi connectivity index (χ2n) is 5.78. The van der Waals surface area contributed by atoms with Gasteiger partial charge < -0.3 is 0 Å². The number of benzene rings is 1. The van der Waals surface area contributed by atoms with Crippen molar-refractivity contribution in [3.05, 3.63) is 35.1 Å². The van der Waals surface area contributed by atoms with Crippen molar-refractivity contribution in [3.8, 4) is 6.07 Å². The Hall–Kier alpha value is -1.40. The van der Waals surface area contributed by atoms with Crippen LogP contribution in [0.3, 0.4) is 0 Å². The SMILES string of the molecule is CCC[C@H]1CCCN(Cc2cc(C#N)ccc2F)CC1. The zero-order valence-corrected chi connectivity index (χ0v) is 12.2. The van der Waals surface area contributed by atoms with Crippen molar-refractivity contribution in [2.75, 3.05) is 13.1 Å². The van der Waals surface area contributed by atoms with Gasteiger partial charge in [0.15, 0.2) is 0 Å². The third kappa shape index (κ3) is 4.05. The third-order valence-corrected chi connectivity index (χ3v) is 4.21. The Morgan fingerprint density at radius 3 is 2.95 bits per heavy atom. The zero-order valence-electron chi connectivity index (χ0n) is 12.2. The number of nitriles is 1. The second-order valence-corrected chi connectivity index (χ2v) is 5.78. The Kier molecular flexibility index (Phi) is 5.55. The monoisotopic (exact) mass is 274 g/mol. The van der Waals surface area contributed by atoms with E-state index in [0.29, 0.717) is 17.7 Å². The highest BCUT2D eigenvalue weighted by atomic mass is 19.1. The highest BCUT2D eigenvalue weighted by Crippen LogP contribution is 2.23. The van der Waals surface area contributed by atoms with Gasteiger partial charge in [-0.3, -0.25) is 4.90 Å². The number of rotatable bonds is 4. The summed E-state index contributed by atoms with van der Waals surface area (Å²) < 4.78 is 13.8. The molecule has 0 saturated carbocycles. The van der Waals surface area contributed by atoms with Gasteiger partial charge in [-0.25, -0.2) is 4.39 Å². The molecule has 1 fully saturated rings. The van der Waals surface area contributed by atoms with E-state index in [2.05, 4.69) is 17.9 Å². The van der Waals surface area contributed by atoms with Crippen molar-refractivity contribution in [3.63, 3.8) is 0 Å². The molecule has 0 aromatic heterocycles. The van der Waals surface area contributed by atoms with Gasteiger partial charge in [-0.05, 0) is 56.5 Å². The van der Waals surface area contributed by atoms with Gasteiger partial charge in [-0.2, -0.15) is 5.26 Å². The largest absolute Gasteiger partial charge is 0.299 e. The van der Waals surface area contributed by atoms with Gasteiger partial charge in [0.05, 0.1) is 11.6 Å². The maximum absolute atomic E-state index is 13.8. The van der Waals surface area contributed by atoms with Crippen LogP contribution in [0.5, 0.6) is 0 Å². The molecule has 1 aliphatic heterocycles. The fourth-order valence-electron chi connectivity index (χ4n) is 3.09. The predicted molar refractivity (Wildman–Crippen MR) is 78.6 cm³/mol. The molecule has 1 saturated heterocycles. The zero-order chi connectivity index (χ0) is 14.4. The first-order chi connectivity index (χ1) is 9.72. The van der Waals surface area contributed by atoms with Crippen molar-refractivity contribution >= 4 is 0 Å². The normalized spacial score (nSPS) is 20.4. The quantitative estimate of drug-likeness (QED) is 0.826. The Labute approximate surface area is 121 Å². The summed E-state index contributed by atoms with van der Waals surface area (Å²) in [6.45, 7) is 4.95. The molecule has 1 heterocycles. The first-order valence-corrected chi connectivity index (χ1v) is 7.63. The fourth-order valence-corrected chi connectivity index (χ4v) is 3.09. The minimum absolute atomic E-state index is 0.196. The van der Waals surface area contributed by atoms with Crippen molar-refractivity contribution in [2.45, 2.75) is 45.6 Å². The molecule has 1 aromatic carbocycles. The van der Waals surface area contributed by atoms with E-state index in [1.165, 1.54) is 38.2 Å². The molecule has 2 nitrogen and oxygen atoms in total. The lowest BCUT2D eigenvalue weighted by Crippen LogP contribution is -2.24. The second kappa shape index (κ2) is 7.40. The van der Waals surface area contributed by atoms with Gasteiger partial charge in [-0.1, -0.05) is 19.8 Å². The van der Waals surface area contributed by atoms with Gasteiger partial charge in [0, 0.05) is 12.1 Å². The van der Waals surface area contributed by atoms with Crippen LogP contribution in [0.4, 0.5) is 4.39 Å². The van der Waals surface area contributed by atoms with Crippen LogP contribution in [-0.2, 0) is 6.54 Å². The Balaban J connectivity index is 1.98. The molecule has 0 amide bonds. The van der Waals surface area contributed by atoms with Crippen molar-refractivity contribution in [1.82, 2.24) is 4.90 Å². The Morgan fingerprint density at radius 2 is 2.20 bits per heavy atom. The van der Waals surface area contributed by atoms with Crippen molar-refractivity contribution in [2.24, 2.45) is 5.92 Å². The van der Waals surface area contributed by atoms with E-state index in [0.717, 1.165) is 19.0 Å². The molecule has 2 rings (SSSR count). The van der Waals surface area contributed by atoms with Gasteiger partial charge in [0.1, 0.15) is 5.82 Å². The summed E-state index contributed by atoms with van der Waals surface area (Å²) in [5.41, 5.74) is 1.19. The topological polar surface area (TPSA) is 27.0 Å². The minimum Gasteiger partial charge on any atom is -0.299 e. The van der Waals surface area contributed by atoms with Crippen molar-refractivity contribution < 1.29 is 4.39 Å². The molecule has 0 bridgehead atoms. The van der Waals surface area contributed by atoms with E-state index >= 15 is 0 Å². The van der Waals surface area contributed by atoms with E-state index < -0.39 is 0 Å². The lowest BCUT2D eigenvalue weighted by Gasteiger charge is -2.20. The molecule has 20 heavy (non-hydrogen) atoms. The van der Waals surface area contributed by atoms with Crippen LogP contribution >= 0.6 is 0 Å². The molecular formula is C17H23FN2. The van der Waals surface area contributed by atoms with Gasteiger partial charge >= 0.3 is 0 Å². The predicted octanol–water partition coefficient (Wildman–Crippen LogP) is 4.10. The van der Waals surface area contributed by atoms with Crippen molar-refractivity contribution in [1.29, 1.82) is 5.26 Å². The maximum Gasteiger partial charge on any atom is 0.127 e. The molecule has 0 radical (unpaired) electrons. The average Bonchev–Trinajstić information content (AvgIpc) is 2.67. The van der Waals surface area contributed by atoms with Crippen LogP contribution in [0.25, 0.3) is 0 Å². The third-order valence-electron chi connectivity index (χ3n) is 4.21. The standard InChI is InChI=1S/C17H23FN2/c1-2-4-14-5-3-9-20(10-8-14)13-16-11-15(12-19)6-7-17(16)18/h6-7,11,14H,2-5,8-10,13H2,1H3/t14-/m0/s1. The lowest BCUT2D eigenvalue weighted by atomic mass is 9.96. The Morgan fingerprint density at radius 1 is 1.35 bits per heavy atom. The molecule has 0 unspecified atom stereocenters. The highest BCUT2D eigenvalue weighted by Gasteiger charge is 2.17. The fraction of sp³-hybridized carbons (Fsp3) is 0.588. The van der Waals surface area contributed by atoms with E-state index in [9.17, 15) is 4.39 Å². The molecule has 108 valence electrons. The lowest BCUT2D eigenvalue weighted by molar-refractivity contribution is 0.267. The molecular weight excluding hydrogens is 251 g/mol. The van der Waals surface area contributed by atoms with Gasteiger partial charge in [0.2, 0.25) is 0 Å². The first-order valence-electron chi connectivity index (χ1n) is 7.63. The Bertz CT molecular complexity index is 478. The molecule has 0 aliphatic carbocycles. The first kappa shape index (κ1) is 15.0. The van der Waals surface area contributed by atoms with E-state index in [4.69, 9.17) is 5.26 Å². The summed E-state index contributed by atoms with van der Waals surface area (Å²) in [6, 6.07) is 6.72. The number of hydrogen-bond acceptors (Lipinski definition) is 2. The molecule has 0 N–H and O–H groups in total. The summed E-state index contributed by atoms with van der Waals surface area (Å²) in [7, 11) is 0. The van der Waals surface area contributed by atoms with E-state index in [-0.39, 0.29) is 5.82 Å². The smallest absolute Gasteiger partial charge is 0.127 e. The number of halogens is 1. The molecule has 3 heteroatoms. The molecule has 1 aromatic rings. The highest BCUT2D eigenvalue weighted by molar-refractivity contribution is 5.33. The van der Waals surface area contributed by atoms with Crippen LogP contribution in [0.2, 0.25) is 0 Å². The van der Waals surface area contributed by atoms with Crippen LogP contribution in [-0.4, -0.2) is 18.0 Å². The van der Waals surface area contributed by atoms with Crippen LogP contribution in [0, 0.1) is 23.1 Å². The van der Waals surface area contributed by atoms with E-state index in [1.54, 1.807) is 12.1 Å². The van der Waals surface area contributed by atoms with Crippen LogP contribution < -0.4 is 0 Å². The van der Waals surface area contributed by atoms with Gasteiger partial charge in [0.25, 0.3) is 0 Å². The van der Waals surface area contributed by atoms with Crippen LogP contribution in [0.1, 0.15) is 50.2 Å². The molecule has 0 spiro atoms. The summed E-state index contributed by atoms with van der Waals surface area (Å²) in [5, 5.41) is 8.91.